The highest BCUT2D eigenvalue weighted by Crippen LogP contribution is 2.23. The summed E-state index contributed by atoms with van der Waals surface area (Å²) in [4.78, 5) is 30.4. The van der Waals surface area contributed by atoms with E-state index in [0.29, 0.717) is 0 Å². The zero-order chi connectivity index (χ0) is 16.9. The van der Waals surface area contributed by atoms with Crippen LogP contribution in [0, 0.1) is 5.92 Å². The van der Waals surface area contributed by atoms with E-state index in [0.717, 1.165) is 38.9 Å². The van der Waals surface area contributed by atoms with Crippen LogP contribution in [-0.4, -0.2) is 45.0 Å². The summed E-state index contributed by atoms with van der Waals surface area (Å²) in [7, 11) is 0. The molecule has 1 saturated heterocycles. The molecule has 1 atom stereocenters. The Morgan fingerprint density at radius 1 is 1.39 bits per heavy atom. The van der Waals surface area contributed by atoms with Crippen molar-refractivity contribution in [2.75, 3.05) is 13.1 Å². The molecule has 0 N–H and O–H groups in total. The Morgan fingerprint density at radius 3 is 2.83 bits per heavy atom. The van der Waals surface area contributed by atoms with E-state index in [9.17, 15) is 9.59 Å². The molecule has 1 aromatic rings. The van der Waals surface area contributed by atoms with E-state index in [1.165, 1.54) is 0 Å². The first-order valence-corrected chi connectivity index (χ1v) is 8.31. The Bertz CT molecular complexity index is 520. The summed E-state index contributed by atoms with van der Waals surface area (Å²) < 4.78 is 7.34. The van der Waals surface area contributed by atoms with Crippen molar-refractivity contribution >= 4 is 11.9 Å². The second kappa shape index (κ2) is 7.62. The Hall–Kier alpha value is -1.85. The largest absolute Gasteiger partial charge is 0.460 e. The maximum Gasteiger partial charge on any atom is 0.307 e. The number of hydrogen-bond acceptors (Lipinski definition) is 4. The predicted octanol–water partition coefficient (Wildman–Crippen LogP) is 2.24. The number of aryl methyl sites for hydroxylation is 1. The van der Waals surface area contributed by atoms with E-state index in [4.69, 9.17) is 4.74 Å². The number of hydrogen-bond donors (Lipinski definition) is 0. The fraction of sp³-hybridized carbons (Fsp3) is 0.706. The first-order chi connectivity index (χ1) is 10.8. The zero-order valence-corrected chi connectivity index (χ0v) is 14.3. The minimum Gasteiger partial charge on any atom is -0.460 e. The van der Waals surface area contributed by atoms with Gasteiger partial charge in [0.15, 0.2) is 0 Å². The van der Waals surface area contributed by atoms with Crippen molar-refractivity contribution in [1.82, 2.24) is 14.5 Å². The third kappa shape index (κ3) is 5.69. The lowest BCUT2D eigenvalue weighted by atomic mass is 9.93. The van der Waals surface area contributed by atoms with Crippen LogP contribution >= 0.6 is 0 Å². The van der Waals surface area contributed by atoms with Gasteiger partial charge in [-0.2, -0.15) is 0 Å². The average Bonchev–Trinajstić information content (AvgIpc) is 2.94. The molecule has 0 spiro atoms. The maximum absolute atomic E-state index is 12.5. The van der Waals surface area contributed by atoms with Crippen LogP contribution in [0.25, 0.3) is 0 Å². The van der Waals surface area contributed by atoms with Crippen LogP contribution in [0.4, 0.5) is 0 Å². The van der Waals surface area contributed by atoms with Gasteiger partial charge in [0.05, 0.1) is 12.7 Å². The summed E-state index contributed by atoms with van der Waals surface area (Å²) in [6, 6.07) is 0. The van der Waals surface area contributed by atoms with Crippen LogP contribution in [0.2, 0.25) is 0 Å². The molecule has 1 fully saturated rings. The highest BCUT2D eigenvalue weighted by molar-refractivity contribution is 5.84. The number of likely N-dealkylation sites (tertiary alicyclic amines) is 1. The minimum atomic E-state index is -0.501. The predicted molar refractivity (Wildman–Crippen MR) is 86.6 cm³/mol. The van der Waals surface area contributed by atoms with Gasteiger partial charge in [0.25, 0.3) is 0 Å². The van der Waals surface area contributed by atoms with Crippen LogP contribution in [0.5, 0.6) is 0 Å². The molecule has 2 heterocycles. The van der Waals surface area contributed by atoms with Gasteiger partial charge in [-0.1, -0.05) is 0 Å². The second-order valence-electron chi connectivity index (χ2n) is 7.11. The molecule has 2 rings (SSSR count). The number of nitrogens with zero attached hydrogens (tertiary/aromatic N) is 3. The van der Waals surface area contributed by atoms with Gasteiger partial charge < -0.3 is 14.2 Å². The maximum atomic E-state index is 12.5. The van der Waals surface area contributed by atoms with Crippen molar-refractivity contribution in [1.29, 1.82) is 0 Å². The molecule has 1 aromatic heterocycles. The van der Waals surface area contributed by atoms with Crippen molar-refractivity contribution in [2.24, 2.45) is 5.92 Å². The lowest BCUT2D eigenvalue weighted by molar-refractivity contribution is -0.159. The van der Waals surface area contributed by atoms with E-state index in [-0.39, 0.29) is 24.2 Å². The van der Waals surface area contributed by atoms with Gasteiger partial charge in [0.2, 0.25) is 5.91 Å². The number of ether oxygens (including phenoxy) is 1. The molecule has 1 amide bonds. The highest BCUT2D eigenvalue weighted by Gasteiger charge is 2.31. The number of aromatic nitrogens is 2. The Labute approximate surface area is 137 Å². The minimum absolute atomic E-state index is 0.0905. The third-order valence-electron chi connectivity index (χ3n) is 3.88. The summed E-state index contributed by atoms with van der Waals surface area (Å²) in [6.07, 6.45) is 8.26. The molecule has 0 aliphatic carbocycles. The number of piperidine rings is 1. The monoisotopic (exact) mass is 321 g/mol. The molecular weight excluding hydrogens is 294 g/mol. The summed E-state index contributed by atoms with van der Waals surface area (Å²) in [5.41, 5.74) is -0.501. The SMILES string of the molecule is CC(C)(C)OC(=O)CC1CCCN(CCCn2ccnc2)C1=O. The molecule has 0 aromatic carbocycles. The van der Waals surface area contributed by atoms with Crippen LogP contribution in [0.1, 0.15) is 46.5 Å². The van der Waals surface area contributed by atoms with Crippen molar-refractivity contribution in [3.8, 4) is 0 Å². The van der Waals surface area contributed by atoms with Crippen LogP contribution in [-0.2, 0) is 20.9 Å². The van der Waals surface area contributed by atoms with E-state index >= 15 is 0 Å². The van der Waals surface area contributed by atoms with Gasteiger partial charge in [0.1, 0.15) is 5.60 Å². The van der Waals surface area contributed by atoms with Gasteiger partial charge in [0, 0.05) is 37.9 Å². The first kappa shape index (κ1) is 17.5. The van der Waals surface area contributed by atoms with Gasteiger partial charge >= 0.3 is 5.97 Å². The van der Waals surface area contributed by atoms with Gasteiger partial charge in [-0.15, -0.1) is 0 Å². The average molecular weight is 321 g/mol. The lowest BCUT2D eigenvalue weighted by Gasteiger charge is -2.32. The lowest BCUT2D eigenvalue weighted by Crippen LogP contribution is -2.43. The van der Waals surface area contributed by atoms with Crippen LogP contribution < -0.4 is 0 Å². The topological polar surface area (TPSA) is 64.4 Å². The molecule has 1 aliphatic rings. The van der Waals surface area contributed by atoms with Gasteiger partial charge in [-0.25, -0.2) is 4.98 Å². The van der Waals surface area contributed by atoms with Crippen molar-refractivity contribution in [3.05, 3.63) is 18.7 Å². The normalized spacial score (nSPS) is 19.0. The van der Waals surface area contributed by atoms with Crippen molar-refractivity contribution in [2.45, 2.75) is 58.6 Å². The summed E-state index contributed by atoms with van der Waals surface area (Å²) >= 11 is 0. The molecule has 1 aliphatic heterocycles. The molecule has 6 nitrogen and oxygen atoms in total. The molecular formula is C17H27N3O3. The zero-order valence-electron chi connectivity index (χ0n) is 14.3. The molecule has 128 valence electrons. The Kier molecular flexibility index (Phi) is 5.80. The smallest absolute Gasteiger partial charge is 0.307 e. The fourth-order valence-electron chi connectivity index (χ4n) is 2.88. The van der Waals surface area contributed by atoms with Crippen molar-refractivity contribution in [3.63, 3.8) is 0 Å². The Balaban J connectivity index is 1.79. The van der Waals surface area contributed by atoms with E-state index < -0.39 is 5.60 Å². The standard InChI is InChI=1S/C17H27N3O3/c1-17(2,3)23-15(21)12-14-6-4-9-20(16(14)22)10-5-8-19-11-7-18-13-19/h7,11,13-14H,4-6,8-10,12H2,1-3H3. The summed E-state index contributed by atoms with van der Waals surface area (Å²) in [5.74, 6) is -0.421. The first-order valence-electron chi connectivity index (χ1n) is 8.31. The number of rotatable bonds is 6. The summed E-state index contributed by atoms with van der Waals surface area (Å²) in [5, 5.41) is 0. The van der Waals surface area contributed by atoms with E-state index in [1.54, 1.807) is 12.5 Å². The molecule has 0 radical (unpaired) electrons. The number of imidazole rings is 1. The summed E-state index contributed by atoms with van der Waals surface area (Å²) in [6.45, 7) is 7.89. The quantitative estimate of drug-likeness (QED) is 0.754. The van der Waals surface area contributed by atoms with E-state index in [1.807, 2.05) is 36.4 Å². The molecule has 1 unspecified atom stereocenters. The molecule has 0 bridgehead atoms. The van der Waals surface area contributed by atoms with Crippen molar-refractivity contribution < 1.29 is 14.3 Å². The molecule has 23 heavy (non-hydrogen) atoms. The number of amides is 1. The highest BCUT2D eigenvalue weighted by atomic mass is 16.6. The molecule has 0 saturated carbocycles. The van der Waals surface area contributed by atoms with Gasteiger partial charge in [-0.3, -0.25) is 9.59 Å². The Morgan fingerprint density at radius 2 is 2.17 bits per heavy atom. The fourth-order valence-corrected chi connectivity index (χ4v) is 2.88. The number of esters is 1. The molecule has 6 heteroatoms. The van der Waals surface area contributed by atoms with Gasteiger partial charge in [-0.05, 0) is 40.0 Å². The second-order valence-corrected chi connectivity index (χ2v) is 7.11. The third-order valence-corrected chi connectivity index (χ3v) is 3.88. The number of carbonyl (C=O) groups is 2. The number of carbonyl (C=O) groups excluding carboxylic acids is 2. The van der Waals surface area contributed by atoms with E-state index in [2.05, 4.69) is 4.98 Å². The van der Waals surface area contributed by atoms with Crippen LogP contribution in [0.3, 0.4) is 0 Å². The van der Waals surface area contributed by atoms with Crippen LogP contribution in [0.15, 0.2) is 18.7 Å².